The fraction of sp³-hybridized carbons (Fsp3) is 0.318. The average Bonchev–Trinajstić information content (AvgIpc) is 2.70. The van der Waals surface area contributed by atoms with E-state index in [0.717, 1.165) is 17.7 Å². The molecule has 0 aromatic heterocycles. The number of nitrogens with one attached hydrogen (secondary N) is 1. The van der Waals surface area contributed by atoms with E-state index in [1.165, 1.54) is 11.6 Å². The first-order valence-electron chi connectivity index (χ1n) is 8.96. The van der Waals surface area contributed by atoms with Crippen molar-refractivity contribution >= 4 is 12.0 Å². The van der Waals surface area contributed by atoms with Crippen LogP contribution in [0.25, 0.3) is 6.08 Å². The van der Waals surface area contributed by atoms with Gasteiger partial charge in [-0.2, -0.15) is 0 Å². The van der Waals surface area contributed by atoms with Crippen LogP contribution in [0.5, 0.6) is 17.2 Å². The number of methoxy groups -OCH3 is 3. The summed E-state index contributed by atoms with van der Waals surface area (Å²) in [7, 11) is 8.74. The van der Waals surface area contributed by atoms with E-state index in [-0.39, 0.29) is 5.91 Å². The van der Waals surface area contributed by atoms with Crippen LogP contribution in [0, 0.1) is 0 Å². The topological polar surface area (TPSA) is 60.0 Å². The van der Waals surface area contributed by atoms with Crippen LogP contribution in [0.4, 0.5) is 0 Å². The molecule has 0 aliphatic heterocycles. The minimum absolute atomic E-state index is 0.184. The van der Waals surface area contributed by atoms with E-state index in [4.69, 9.17) is 14.2 Å². The SMILES string of the molecule is COc1cc(OC)c(OC)cc1/C=C/C(=O)NCc1ccccc1CN(C)C. The molecular weight excluding hydrogens is 356 g/mol. The lowest BCUT2D eigenvalue weighted by Gasteiger charge is -2.14. The summed E-state index contributed by atoms with van der Waals surface area (Å²) < 4.78 is 16.0. The first-order valence-corrected chi connectivity index (χ1v) is 8.96. The van der Waals surface area contributed by atoms with Crippen molar-refractivity contribution in [2.24, 2.45) is 0 Å². The molecule has 1 N–H and O–H groups in total. The fourth-order valence-corrected chi connectivity index (χ4v) is 2.81. The number of hydrogen-bond donors (Lipinski definition) is 1. The van der Waals surface area contributed by atoms with E-state index in [0.29, 0.717) is 23.8 Å². The molecule has 0 radical (unpaired) electrons. The predicted molar refractivity (Wildman–Crippen MR) is 111 cm³/mol. The molecule has 0 atom stereocenters. The van der Waals surface area contributed by atoms with Crippen LogP contribution < -0.4 is 19.5 Å². The lowest BCUT2D eigenvalue weighted by molar-refractivity contribution is -0.116. The molecule has 2 rings (SSSR count). The summed E-state index contributed by atoms with van der Waals surface area (Å²) in [5, 5.41) is 2.93. The number of carbonyl (C=O) groups excluding carboxylic acids is 1. The number of nitrogens with zero attached hydrogens (tertiary/aromatic N) is 1. The molecule has 0 saturated heterocycles. The lowest BCUT2D eigenvalue weighted by Crippen LogP contribution is -2.22. The van der Waals surface area contributed by atoms with Gasteiger partial charge in [0.15, 0.2) is 11.5 Å². The highest BCUT2D eigenvalue weighted by atomic mass is 16.5. The van der Waals surface area contributed by atoms with Gasteiger partial charge < -0.3 is 24.4 Å². The van der Waals surface area contributed by atoms with E-state index in [1.807, 2.05) is 32.3 Å². The summed E-state index contributed by atoms with van der Waals surface area (Å²) in [5.41, 5.74) is 3.02. The van der Waals surface area contributed by atoms with E-state index < -0.39 is 0 Å². The Morgan fingerprint density at radius 2 is 1.57 bits per heavy atom. The van der Waals surface area contributed by atoms with Crippen molar-refractivity contribution in [3.8, 4) is 17.2 Å². The Hall–Kier alpha value is -2.99. The molecule has 28 heavy (non-hydrogen) atoms. The highest BCUT2D eigenvalue weighted by Gasteiger charge is 2.10. The van der Waals surface area contributed by atoms with Crippen LogP contribution in [0.2, 0.25) is 0 Å². The Morgan fingerprint density at radius 1 is 0.964 bits per heavy atom. The van der Waals surface area contributed by atoms with Crippen LogP contribution in [0.3, 0.4) is 0 Å². The maximum absolute atomic E-state index is 12.3. The minimum Gasteiger partial charge on any atom is -0.496 e. The van der Waals surface area contributed by atoms with Crippen molar-refractivity contribution in [1.82, 2.24) is 10.2 Å². The molecule has 0 heterocycles. The molecule has 2 aromatic carbocycles. The zero-order valence-electron chi connectivity index (χ0n) is 17.1. The molecule has 6 nitrogen and oxygen atoms in total. The Bertz CT molecular complexity index is 831. The summed E-state index contributed by atoms with van der Waals surface area (Å²) >= 11 is 0. The number of ether oxygens (including phenoxy) is 3. The van der Waals surface area contributed by atoms with Crippen LogP contribution in [0.1, 0.15) is 16.7 Å². The number of hydrogen-bond acceptors (Lipinski definition) is 5. The van der Waals surface area contributed by atoms with Crippen LogP contribution in [-0.2, 0) is 17.9 Å². The third-order valence-corrected chi connectivity index (χ3v) is 4.21. The molecule has 0 fully saturated rings. The van der Waals surface area contributed by atoms with Gasteiger partial charge in [0.05, 0.1) is 21.3 Å². The van der Waals surface area contributed by atoms with Gasteiger partial charge in [0, 0.05) is 30.8 Å². The van der Waals surface area contributed by atoms with Crippen molar-refractivity contribution in [1.29, 1.82) is 0 Å². The number of carbonyl (C=O) groups is 1. The average molecular weight is 384 g/mol. The Morgan fingerprint density at radius 3 is 2.18 bits per heavy atom. The molecule has 150 valence electrons. The maximum Gasteiger partial charge on any atom is 0.244 e. The van der Waals surface area contributed by atoms with E-state index in [1.54, 1.807) is 39.5 Å². The number of amides is 1. The Kier molecular flexibility index (Phi) is 7.89. The quantitative estimate of drug-likeness (QED) is 0.673. The summed E-state index contributed by atoms with van der Waals surface area (Å²) in [6, 6.07) is 11.6. The first kappa shape index (κ1) is 21.3. The van der Waals surface area contributed by atoms with E-state index in [2.05, 4.69) is 16.3 Å². The molecule has 0 unspecified atom stereocenters. The van der Waals surface area contributed by atoms with Gasteiger partial charge in [-0.3, -0.25) is 4.79 Å². The summed E-state index contributed by atoms with van der Waals surface area (Å²) in [4.78, 5) is 14.4. The highest BCUT2D eigenvalue weighted by molar-refractivity contribution is 5.92. The van der Waals surface area contributed by atoms with Gasteiger partial charge in [0.25, 0.3) is 0 Å². The van der Waals surface area contributed by atoms with Gasteiger partial charge in [-0.25, -0.2) is 0 Å². The number of rotatable bonds is 9. The maximum atomic E-state index is 12.3. The van der Waals surface area contributed by atoms with Crippen molar-refractivity contribution in [3.63, 3.8) is 0 Å². The number of benzene rings is 2. The minimum atomic E-state index is -0.184. The zero-order valence-corrected chi connectivity index (χ0v) is 17.1. The van der Waals surface area contributed by atoms with Gasteiger partial charge in [-0.15, -0.1) is 0 Å². The molecule has 1 amide bonds. The molecule has 6 heteroatoms. The molecule has 0 aliphatic rings. The van der Waals surface area contributed by atoms with Crippen molar-refractivity contribution in [2.75, 3.05) is 35.4 Å². The fourth-order valence-electron chi connectivity index (χ4n) is 2.81. The molecular formula is C22H28N2O4. The van der Waals surface area contributed by atoms with Crippen LogP contribution >= 0.6 is 0 Å². The third-order valence-electron chi connectivity index (χ3n) is 4.21. The standard InChI is InChI=1S/C22H28N2O4/c1-24(2)15-18-9-7-6-8-17(18)14-23-22(25)11-10-16-12-20(27-4)21(28-5)13-19(16)26-3/h6-13H,14-15H2,1-5H3,(H,23,25)/b11-10+. The largest absolute Gasteiger partial charge is 0.496 e. The molecule has 0 saturated carbocycles. The van der Waals surface area contributed by atoms with Gasteiger partial charge in [-0.05, 0) is 37.4 Å². The van der Waals surface area contributed by atoms with Crippen molar-refractivity contribution in [2.45, 2.75) is 13.1 Å². The van der Waals surface area contributed by atoms with Crippen LogP contribution in [-0.4, -0.2) is 46.2 Å². The monoisotopic (exact) mass is 384 g/mol. The molecule has 0 spiro atoms. The Labute approximate surface area is 166 Å². The zero-order chi connectivity index (χ0) is 20.5. The molecule has 2 aromatic rings. The van der Waals surface area contributed by atoms with Crippen molar-refractivity contribution in [3.05, 3.63) is 59.2 Å². The van der Waals surface area contributed by atoms with Crippen molar-refractivity contribution < 1.29 is 19.0 Å². The predicted octanol–water partition coefficient (Wildman–Crippen LogP) is 3.10. The summed E-state index contributed by atoms with van der Waals surface area (Å²) in [5.74, 6) is 1.55. The second-order valence-electron chi connectivity index (χ2n) is 6.51. The van der Waals surface area contributed by atoms with Gasteiger partial charge in [-0.1, -0.05) is 24.3 Å². The summed E-state index contributed by atoms with van der Waals surface area (Å²) in [6.45, 7) is 1.29. The summed E-state index contributed by atoms with van der Waals surface area (Å²) in [6.07, 6.45) is 3.18. The lowest BCUT2D eigenvalue weighted by atomic mass is 10.1. The third kappa shape index (κ3) is 5.76. The second kappa shape index (κ2) is 10.4. The molecule has 0 bridgehead atoms. The second-order valence-corrected chi connectivity index (χ2v) is 6.51. The Balaban J connectivity index is 2.09. The van der Waals surface area contributed by atoms with Gasteiger partial charge >= 0.3 is 0 Å². The smallest absolute Gasteiger partial charge is 0.244 e. The van der Waals surface area contributed by atoms with Crippen LogP contribution in [0.15, 0.2) is 42.5 Å². The van der Waals surface area contributed by atoms with E-state index >= 15 is 0 Å². The highest BCUT2D eigenvalue weighted by Crippen LogP contribution is 2.35. The van der Waals surface area contributed by atoms with Gasteiger partial charge in [0.2, 0.25) is 5.91 Å². The van der Waals surface area contributed by atoms with Gasteiger partial charge in [0.1, 0.15) is 5.75 Å². The first-order chi connectivity index (χ1) is 13.5. The molecule has 0 aliphatic carbocycles. The normalized spacial score (nSPS) is 10.9. The van der Waals surface area contributed by atoms with E-state index in [9.17, 15) is 4.79 Å².